The molecule has 1 fully saturated rings. The smallest absolute Gasteiger partial charge is 0.236 e. The molecule has 1 aliphatic heterocycles. The van der Waals surface area contributed by atoms with Crippen LogP contribution in [0.25, 0.3) is 0 Å². The number of rotatable bonds is 5. The number of amidine groups is 1. The van der Waals surface area contributed by atoms with E-state index in [1.807, 2.05) is 18.2 Å². The van der Waals surface area contributed by atoms with Crippen molar-refractivity contribution in [2.24, 2.45) is 10.2 Å². The maximum Gasteiger partial charge on any atom is 0.236 e. The predicted molar refractivity (Wildman–Crippen MR) is 97.8 cm³/mol. The van der Waals surface area contributed by atoms with Gasteiger partial charge < -0.3 is 10.1 Å². The van der Waals surface area contributed by atoms with E-state index in [1.54, 1.807) is 12.1 Å². The van der Waals surface area contributed by atoms with Gasteiger partial charge in [-0.15, -0.1) is 5.10 Å². The molecule has 0 saturated carbocycles. The molecule has 2 aromatic carbocycles. The third kappa shape index (κ3) is 4.80. The second-order valence-corrected chi connectivity index (χ2v) is 6.42. The summed E-state index contributed by atoms with van der Waals surface area (Å²) in [5, 5.41) is 11.4. The molecule has 0 unspecified atom stereocenters. The van der Waals surface area contributed by atoms with Crippen LogP contribution in [0.15, 0.2) is 52.7 Å². The zero-order valence-electron chi connectivity index (χ0n) is 12.9. The molecule has 1 N–H and O–H groups in total. The molecule has 1 saturated heterocycles. The van der Waals surface area contributed by atoms with Crippen molar-refractivity contribution in [1.29, 1.82) is 0 Å². The normalized spacial score (nSPS) is 15.8. The van der Waals surface area contributed by atoms with E-state index in [0.717, 1.165) is 5.56 Å². The van der Waals surface area contributed by atoms with Crippen molar-refractivity contribution in [3.63, 3.8) is 0 Å². The molecule has 0 spiro atoms. The molecule has 1 heterocycles. The minimum absolute atomic E-state index is 0.107. The van der Waals surface area contributed by atoms with Crippen molar-refractivity contribution in [2.45, 2.75) is 6.61 Å². The van der Waals surface area contributed by atoms with Gasteiger partial charge in [0.1, 0.15) is 18.2 Å². The van der Waals surface area contributed by atoms with Crippen LogP contribution in [0, 0.1) is 5.82 Å². The Bertz CT molecular complexity index is 858. The number of thioether (sulfide) groups is 1. The maximum absolute atomic E-state index is 13.5. The second kappa shape index (κ2) is 8.13. The molecule has 2 aromatic rings. The van der Waals surface area contributed by atoms with E-state index in [-0.39, 0.29) is 12.5 Å². The molecule has 128 valence electrons. The lowest BCUT2D eigenvalue weighted by Crippen LogP contribution is -2.19. The first kappa shape index (κ1) is 17.4. The molecule has 1 aliphatic rings. The van der Waals surface area contributed by atoms with E-state index < -0.39 is 5.82 Å². The Kier molecular flexibility index (Phi) is 5.67. The Labute approximate surface area is 152 Å². The van der Waals surface area contributed by atoms with Gasteiger partial charge in [-0.2, -0.15) is 5.10 Å². The lowest BCUT2D eigenvalue weighted by molar-refractivity contribution is -0.116. The molecule has 5 nitrogen and oxygen atoms in total. The van der Waals surface area contributed by atoms with E-state index in [1.165, 1.54) is 30.1 Å². The monoisotopic (exact) mass is 377 g/mol. The van der Waals surface area contributed by atoms with Crippen LogP contribution in [-0.4, -0.2) is 23.0 Å². The van der Waals surface area contributed by atoms with E-state index in [0.29, 0.717) is 27.3 Å². The van der Waals surface area contributed by atoms with Gasteiger partial charge in [0.25, 0.3) is 0 Å². The number of nitrogens with one attached hydrogen (secondary N) is 1. The average Bonchev–Trinajstić information content (AvgIpc) is 3.01. The summed E-state index contributed by atoms with van der Waals surface area (Å²) in [6.45, 7) is 0.199. The number of carbonyl (C=O) groups excluding carboxylic acids is 1. The number of amides is 1. The van der Waals surface area contributed by atoms with Crippen molar-refractivity contribution in [3.8, 4) is 5.75 Å². The molecular formula is C17H13ClFN3O2S. The number of nitrogens with zero attached hydrogens (tertiary/aromatic N) is 2. The lowest BCUT2D eigenvalue weighted by Gasteiger charge is -2.10. The number of halogens is 2. The van der Waals surface area contributed by atoms with Crippen LogP contribution in [0.3, 0.4) is 0 Å². The van der Waals surface area contributed by atoms with Gasteiger partial charge in [0, 0.05) is 22.2 Å². The van der Waals surface area contributed by atoms with Crippen molar-refractivity contribution < 1.29 is 13.9 Å². The van der Waals surface area contributed by atoms with Gasteiger partial charge in [-0.1, -0.05) is 41.6 Å². The zero-order chi connectivity index (χ0) is 17.6. The zero-order valence-corrected chi connectivity index (χ0v) is 14.5. The summed E-state index contributed by atoms with van der Waals surface area (Å²) in [6, 6.07) is 11.4. The summed E-state index contributed by atoms with van der Waals surface area (Å²) in [5.41, 5.74) is 1.36. The largest absolute Gasteiger partial charge is 0.488 e. The maximum atomic E-state index is 13.5. The first-order valence-corrected chi connectivity index (χ1v) is 8.67. The van der Waals surface area contributed by atoms with E-state index in [9.17, 15) is 9.18 Å². The molecule has 0 bridgehead atoms. The van der Waals surface area contributed by atoms with Gasteiger partial charge in [-0.05, 0) is 18.2 Å². The summed E-state index contributed by atoms with van der Waals surface area (Å²) in [7, 11) is 0. The highest BCUT2D eigenvalue weighted by Gasteiger charge is 2.16. The van der Waals surface area contributed by atoms with Crippen LogP contribution in [0.5, 0.6) is 5.75 Å². The van der Waals surface area contributed by atoms with Crippen LogP contribution in [0.2, 0.25) is 5.02 Å². The Morgan fingerprint density at radius 2 is 2.16 bits per heavy atom. The van der Waals surface area contributed by atoms with E-state index in [2.05, 4.69) is 15.5 Å². The number of hydrogen-bond acceptors (Lipinski definition) is 5. The molecule has 0 radical (unpaired) electrons. The van der Waals surface area contributed by atoms with Crippen LogP contribution < -0.4 is 10.1 Å². The fourth-order valence-electron chi connectivity index (χ4n) is 2.03. The number of hydrogen-bond donors (Lipinski definition) is 1. The fraction of sp³-hybridized carbons (Fsp3) is 0.118. The van der Waals surface area contributed by atoms with Crippen molar-refractivity contribution >= 4 is 40.7 Å². The summed E-state index contributed by atoms with van der Waals surface area (Å²) in [6.07, 6.45) is 1.44. The minimum Gasteiger partial charge on any atom is -0.488 e. The summed E-state index contributed by atoms with van der Waals surface area (Å²) in [5.74, 6) is 0.129. The second-order valence-electron chi connectivity index (χ2n) is 5.05. The molecule has 3 rings (SSSR count). The lowest BCUT2D eigenvalue weighted by atomic mass is 10.2. The summed E-state index contributed by atoms with van der Waals surface area (Å²) in [4.78, 5) is 11.1. The predicted octanol–water partition coefficient (Wildman–Crippen LogP) is 3.61. The third-order valence-corrected chi connectivity index (χ3v) is 4.48. The Morgan fingerprint density at radius 1 is 1.32 bits per heavy atom. The first-order chi connectivity index (χ1) is 12.1. The highest BCUT2D eigenvalue weighted by Crippen LogP contribution is 2.22. The van der Waals surface area contributed by atoms with Crippen molar-refractivity contribution in [3.05, 3.63) is 64.4 Å². The van der Waals surface area contributed by atoms with Gasteiger partial charge in [0.05, 0.1) is 12.0 Å². The van der Waals surface area contributed by atoms with Crippen LogP contribution in [0.4, 0.5) is 4.39 Å². The topological polar surface area (TPSA) is 63.0 Å². The first-order valence-electron chi connectivity index (χ1n) is 7.31. The highest BCUT2D eigenvalue weighted by molar-refractivity contribution is 8.15. The van der Waals surface area contributed by atoms with Gasteiger partial charge in [0.15, 0.2) is 5.17 Å². The standard InChI is InChI=1S/C17H13ClFN3O2S/c18-14-4-2-1-3-12(14)9-24-15-7-13(19)6-5-11(15)8-20-22-17-21-16(23)10-25-17/h1-8H,9-10H2,(H,21,22,23). The third-order valence-electron chi connectivity index (χ3n) is 3.25. The number of ether oxygens (including phenoxy) is 1. The van der Waals surface area contributed by atoms with Crippen molar-refractivity contribution in [2.75, 3.05) is 5.75 Å². The van der Waals surface area contributed by atoms with Crippen molar-refractivity contribution in [1.82, 2.24) is 5.32 Å². The SMILES string of the molecule is O=C1CSC(=NN=Cc2ccc(F)cc2OCc2ccccc2Cl)N1. The summed E-state index contributed by atoms with van der Waals surface area (Å²) >= 11 is 7.37. The van der Waals surface area contributed by atoms with Crippen LogP contribution in [0.1, 0.15) is 11.1 Å². The molecule has 0 atom stereocenters. The molecule has 8 heteroatoms. The van der Waals surface area contributed by atoms with Gasteiger partial charge in [0.2, 0.25) is 5.91 Å². The van der Waals surface area contributed by atoms with Gasteiger partial charge >= 0.3 is 0 Å². The quantitative estimate of drug-likeness (QED) is 0.639. The molecule has 1 amide bonds. The average molecular weight is 378 g/mol. The number of benzene rings is 2. The van der Waals surface area contributed by atoms with E-state index in [4.69, 9.17) is 16.3 Å². The van der Waals surface area contributed by atoms with Gasteiger partial charge in [-0.25, -0.2) is 4.39 Å². The van der Waals surface area contributed by atoms with Gasteiger partial charge in [-0.3, -0.25) is 4.79 Å². The Morgan fingerprint density at radius 3 is 2.92 bits per heavy atom. The Hall–Kier alpha value is -2.38. The molecular weight excluding hydrogens is 365 g/mol. The summed E-state index contributed by atoms with van der Waals surface area (Å²) < 4.78 is 19.2. The molecule has 0 aliphatic carbocycles. The minimum atomic E-state index is -0.420. The van der Waals surface area contributed by atoms with E-state index >= 15 is 0 Å². The van der Waals surface area contributed by atoms with Crippen LogP contribution >= 0.6 is 23.4 Å². The molecule has 25 heavy (non-hydrogen) atoms. The van der Waals surface area contributed by atoms with Crippen LogP contribution in [-0.2, 0) is 11.4 Å². The number of carbonyl (C=O) groups is 1. The highest BCUT2D eigenvalue weighted by atomic mass is 35.5. The molecule has 0 aromatic heterocycles. The Balaban J connectivity index is 1.74. The fourth-order valence-corrected chi connectivity index (χ4v) is 2.85.